The van der Waals surface area contributed by atoms with E-state index in [1.807, 2.05) is 0 Å². The van der Waals surface area contributed by atoms with Crippen molar-refractivity contribution in [2.24, 2.45) is 11.8 Å². The Balaban J connectivity index is 1.47. The molecule has 7 heteroatoms. The molecule has 112 valence electrons. The molecule has 7 nitrogen and oxygen atoms in total. The van der Waals surface area contributed by atoms with Crippen LogP contribution in [-0.4, -0.2) is 32.7 Å². The van der Waals surface area contributed by atoms with Crippen molar-refractivity contribution >= 4 is 11.9 Å². The van der Waals surface area contributed by atoms with Crippen LogP contribution in [0.15, 0.2) is 4.63 Å². The summed E-state index contributed by atoms with van der Waals surface area (Å²) in [4.78, 5) is 25.9. The molecule has 1 spiro atoms. The molecule has 0 atom stereocenters. The Bertz CT molecular complexity index is 601. The fraction of sp³-hybridized carbons (Fsp3) is 0.714. The first-order chi connectivity index (χ1) is 10.1. The highest BCUT2D eigenvalue weighted by molar-refractivity contribution is 6.07. The lowest BCUT2D eigenvalue weighted by molar-refractivity contribution is -0.138. The van der Waals surface area contributed by atoms with E-state index in [9.17, 15) is 9.59 Å². The number of carbonyl (C=O) groups is 2. The smallest absolute Gasteiger partial charge is 0.323 e. The minimum Gasteiger partial charge on any atom is -0.323 e. The van der Waals surface area contributed by atoms with Gasteiger partial charge in [-0.15, -0.1) is 0 Å². The third kappa shape index (κ3) is 1.79. The average Bonchev–Trinajstić information content (AvgIpc) is 2.84. The molecule has 0 radical (unpaired) electrons. The van der Waals surface area contributed by atoms with E-state index >= 15 is 0 Å². The largest absolute Gasteiger partial charge is 0.325 e. The molecule has 0 bridgehead atoms. The van der Waals surface area contributed by atoms with Crippen LogP contribution in [0.4, 0.5) is 4.79 Å². The Kier molecular flexibility index (Phi) is 2.61. The van der Waals surface area contributed by atoms with Gasteiger partial charge in [0.1, 0.15) is 16.9 Å². The van der Waals surface area contributed by atoms with Crippen molar-refractivity contribution in [3.63, 3.8) is 0 Å². The topological polar surface area (TPSA) is 88.3 Å². The predicted octanol–water partition coefficient (Wildman–Crippen LogP) is 1.38. The second-order valence-corrected chi connectivity index (χ2v) is 6.56. The van der Waals surface area contributed by atoms with Gasteiger partial charge in [-0.25, -0.2) is 9.42 Å². The van der Waals surface area contributed by atoms with E-state index in [4.69, 9.17) is 0 Å². The number of rotatable bonds is 3. The van der Waals surface area contributed by atoms with Crippen LogP contribution in [0.5, 0.6) is 0 Å². The summed E-state index contributed by atoms with van der Waals surface area (Å²) in [5.41, 5.74) is 0.491. The third-order valence-electron chi connectivity index (χ3n) is 5.34. The summed E-state index contributed by atoms with van der Waals surface area (Å²) in [5, 5.41) is 10.3. The molecule has 3 fully saturated rings. The van der Waals surface area contributed by atoms with E-state index in [0.29, 0.717) is 17.3 Å². The molecule has 1 saturated heterocycles. The van der Waals surface area contributed by atoms with Crippen molar-refractivity contribution in [1.29, 1.82) is 0 Å². The molecule has 1 N–H and O–H groups in total. The van der Waals surface area contributed by atoms with Crippen LogP contribution in [0.1, 0.15) is 43.5 Å². The van der Waals surface area contributed by atoms with Gasteiger partial charge < -0.3 is 5.32 Å². The summed E-state index contributed by atoms with van der Waals surface area (Å²) in [7, 11) is 0. The van der Waals surface area contributed by atoms with Crippen LogP contribution in [0.25, 0.3) is 0 Å². The van der Waals surface area contributed by atoms with Gasteiger partial charge in [0.05, 0.1) is 6.54 Å². The van der Waals surface area contributed by atoms with Crippen molar-refractivity contribution in [3.05, 3.63) is 11.4 Å². The van der Waals surface area contributed by atoms with Crippen molar-refractivity contribution in [2.75, 3.05) is 0 Å². The summed E-state index contributed by atoms with van der Waals surface area (Å²) in [6, 6.07) is -0.325. The first-order valence-electron chi connectivity index (χ1n) is 7.51. The number of imide groups is 1. The average molecular weight is 290 g/mol. The zero-order valence-corrected chi connectivity index (χ0v) is 12.0. The Morgan fingerprint density at radius 2 is 2.05 bits per heavy atom. The summed E-state index contributed by atoms with van der Waals surface area (Å²) >= 11 is 0. The van der Waals surface area contributed by atoms with Gasteiger partial charge in [-0.05, 0) is 31.6 Å². The molecule has 21 heavy (non-hydrogen) atoms. The fourth-order valence-corrected chi connectivity index (χ4v) is 3.72. The Morgan fingerprint density at radius 1 is 1.29 bits per heavy atom. The number of hydrogen-bond donors (Lipinski definition) is 1. The summed E-state index contributed by atoms with van der Waals surface area (Å²) in [5.74, 6) is 1.24. The Morgan fingerprint density at radius 3 is 2.62 bits per heavy atom. The molecule has 0 aromatic carbocycles. The molecule has 4 rings (SSSR count). The van der Waals surface area contributed by atoms with Crippen molar-refractivity contribution < 1.29 is 14.2 Å². The second kappa shape index (κ2) is 4.29. The Labute approximate surface area is 122 Å². The minimum absolute atomic E-state index is 0.120. The monoisotopic (exact) mass is 290 g/mol. The molecule has 1 aromatic rings. The molecule has 3 aliphatic rings. The lowest BCUT2D eigenvalue weighted by atomic mass is 9.58. The van der Waals surface area contributed by atoms with Crippen LogP contribution >= 0.6 is 0 Å². The number of nitrogens with one attached hydrogen (secondary N) is 1. The van der Waals surface area contributed by atoms with Crippen molar-refractivity contribution in [3.8, 4) is 0 Å². The highest BCUT2D eigenvalue weighted by Gasteiger charge is 2.60. The van der Waals surface area contributed by atoms with Gasteiger partial charge in [-0.1, -0.05) is 29.6 Å². The molecular weight excluding hydrogens is 272 g/mol. The maximum absolute atomic E-state index is 12.6. The molecule has 3 amide bonds. The zero-order valence-electron chi connectivity index (χ0n) is 12.0. The lowest BCUT2D eigenvalue weighted by Gasteiger charge is -2.49. The number of aromatic nitrogens is 2. The summed E-state index contributed by atoms with van der Waals surface area (Å²) < 4.78 is 4.62. The number of nitrogens with zero attached hydrogens (tertiary/aromatic N) is 3. The Hall–Kier alpha value is -1.92. The molecule has 2 saturated carbocycles. The van der Waals surface area contributed by atoms with E-state index in [-0.39, 0.29) is 18.5 Å². The highest BCUT2D eigenvalue weighted by Crippen LogP contribution is 2.51. The molecule has 2 aliphatic carbocycles. The van der Waals surface area contributed by atoms with E-state index < -0.39 is 5.54 Å². The van der Waals surface area contributed by atoms with Crippen LogP contribution in [0.3, 0.4) is 0 Å². The first-order valence-corrected chi connectivity index (χ1v) is 7.51. The number of hydrogen-bond acceptors (Lipinski definition) is 5. The minimum atomic E-state index is -0.650. The fourth-order valence-electron chi connectivity index (χ4n) is 3.72. The number of carbonyl (C=O) groups excluding carboxylic acids is 2. The standard InChI is InChI=1S/C14H18N4O3/c1-8-11(17-21-16-8)7-18-12(19)14(15-13(18)20)5-10(6-14)9-3-2-4-9/h9-10H,2-7H2,1H3,(H,15,20). The SMILES string of the molecule is Cc1nonc1CN1C(=O)NC2(CC(C3CCC3)C2)C1=O. The number of amides is 3. The van der Waals surface area contributed by atoms with E-state index in [1.165, 1.54) is 24.2 Å². The molecule has 1 aliphatic heterocycles. The molecular formula is C14H18N4O3. The maximum atomic E-state index is 12.6. The number of urea groups is 1. The summed E-state index contributed by atoms with van der Waals surface area (Å²) in [6.45, 7) is 1.88. The quantitative estimate of drug-likeness (QED) is 0.850. The van der Waals surface area contributed by atoms with Gasteiger partial charge in [-0.3, -0.25) is 9.69 Å². The first kappa shape index (κ1) is 12.8. The second-order valence-electron chi connectivity index (χ2n) is 6.56. The van der Waals surface area contributed by atoms with Crippen LogP contribution in [0.2, 0.25) is 0 Å². The lowest BCUT2D eigenvalue weighted by Crippen LogP contribution is -2.59. The van der Waals surface area contributed by atoms with E-state index in [2.05, 4.69) is 20.3 Å². The third-order valence-corrected chi connectivity index (χ3v) is 5.34. The van der Waals surface area contributed by atoms with Gasteiger partial charge in [0.15, 0.2) is 0 Å². The van der Waals surface area contributed by atoms with Gasteiger partial charge in [0.25, 0.3) is 5.91 Å². The normalized spacial score (nSPS) is 32.2. The van der Waals surface area contributed by atoms with Gasteiger partial charge in [0.2, 0.25) is 0 Å². The maximum Gasteiger partial charge on any atom is 0.325 e. The van der Waals surface area contributed by atoms with Crippen molar-refractivity contribution in [1.82, 2.24) is 20.5 Å². The van der Waals surface area contributed by atoms with E-state index in [0.717, 1.165) is 18.8 Å². The van der Waals surface area contributed by atoms with Gasteiger partial charge >= 0.3 is 6.03 Å². The summed E-state index contributed by atoms with van der Waals surface area (Å²) in [6.07, 6.45) is 5.43. The van der Waals surface area contributed by atoms with Crippen LogP contribution in [-0.2, 0) is 11.3 Å². The highest BCUT2D eigenvalue weighted by atomic mass is 16.6. The van der Waals surface area contributed by atoms with Gasteiger partial charge in [0, 0.05) is 0 Å². The molecule has 1 aromatic heterocycles. The zero-order chi connectivity index (χ0) is 14.6. The van der Waals surface area contributed by atoms with Crippen LogP contribution < -0.4 is 5.32 Å². The molecule has 2 heterocycles. The van der Waals surface area contributed by atoms with E-state index in [1.54, 1.807) is 6.92 Å². The van der Waals surface area contributed by atoms with Gasteiger partial charge in [-0.2, -0.15) is 0 Å². The van der Waals surface area contributed by atoms with Crippen LogP contribution in [0, 0.1) is 18.8 Å². The molecule has 0 unspecified atom stereocenters. The predicted molar refractivity (Wildman–Crippen MR) is 70.9 cm³/mol. The van der Waals surface area contributed by atoms with Crippen molar-refractivity contribution in [2.45, 2.75) is 51.1 Å². The number of aryl methyl sites for hydroxylation is 1.